The number of methoxy groups -OCH3 is 2. The van der Waals surface area contributed by atoms with Crippen LogP contribution in [-0.4, -0.2) is 14.2 Å². The van der Waals surface area contributed by atoms with Crippen LogP contribution >= 0.6 is 7.14 Å². The molecular weight excluding hydrogens is 331 g/mol. The van der Waals surface area contributed by atoms with Crippen molar-refractivity contribution in [2.45, 2.75) is 6.16 Å². The van der Waals surface area contributed by atoms with Crippen molar-refractivity contribution in [1.29, 1.82) is 0 Å². The maximum absolute atomic E-state index is 14.2. The third kappa shape index (κ3) is 3.47. The molecule has 0 bridgehead atoms. The van der Waals surface area contributed by atoms with Gasteiger partial charge >= 0.3 is 0 Å². The highest BCUT2D eigenvalue weighted by Crippen LogP contribution is 2.50. The van der Waals surface area contributed by atoms with Crippen molar-refractivity contribution in [2.75, 3.05) is 14.2 Å². The van der Waals surface area contributed by atoms with E-state index >= 15 is 0 Å². The Balaban J connectivity index is 2.17. The highest BCUT2D eigenvalue weighted by molar-refractivity contribution is 7.78. The molecule has 0 unspecified atom stereocenters. The minimum absolute atomic E-state index is 0.341. The lowest BCUT2D eigenvalue weighted by Gasteiger charge is -2.22. The second kappa shape index (κ2) is 7.58. The van der Waals surface area contributed by atoms with Crippen LogP contribution in [0, 0.1) is 0 Å². The fourth-order valence-electron chi connectivity index (χ4n) is 2.98. The molecule has 0 amide bonds. The fraction of sp³-hybridized carbons (Fsp3) is 0.143. The second-order valence-electron chi connectivity index (χ2n) is 5.71. The Kier molecular flexibility index (Phi) is 5.25. The lowest BCUT2D eigenvalue weighted by Crippen LogP contribution is -2.18. The maximum atomic E-state index is 14.2. The van der Waals surface area contributed by atoms with Crippen LogP contribution in [0.5, 0.6) is 11.5 Å². The van der Waals surface area contributed by atoms with Crippen molar-refractivity contribution >= 4 is 17.8 Å². The highest BCUT2D eigenvalue weighted by atomic mass is 31.2. The van der Waals surface area contributed by atoms with Gasteiger partial charge in [0.1, 0.15) is 18.6 Å². The van der Waals surface area contributed by atoms with Gasteiger partial charge in [0, 0.05) is 22.3 Å². The summed E-state index contributed by atoms with van der Waals surface area (Å²) in [4.78, 5) is 0. The monoisotopic (exact) mass is 352 g/mol. The van der Waals surface area contributed by atoms with E-state index in [9.17, 15) is 4.57 Å². The molecule has 0 radical (unpaired) electrons. The Bertz CT molecular complexity index is 810. The first kappa shape index (κ1) is 17.3. The molecule has 25 heavy (non-hydrogen) atoms. The van der Waals surface area contributed by atoms with Crippen LogP contribution in [0.15, 0.2) is 78.9 Å². The quantitative estimate of drug-likeness (QED) is 0.623. The molecule has 0 aliphatic rings. The van der Waals surface area contributed by atoms with Crippen LogP contribution in [0.4, 0.5) is 0 Å². The normalized spacial score (nSPS) is 11.1. The first-order chi connectivity index (χ1) is 12.2. The summed E-state index contributed by atoms with van der Waals surface area (Å²) in [6.07, 6.45) is 0.341. The third-order valence-corrected chi connectivity index (χ3v) is 7.28. The molecule has 0 aromatic heterocycles. The molecule has 0 aliphatic carbocycles. The van der Waals surface area contributed by atoms with E-state index in [2.05, 4.69) is 0 Å². The first-order valence-electron chi connectivity index (χ1n) is 8.09. The van der Waals surface area contributed by atoms with E-state index in [1.54, 1.807) is 14.2 Å². The number of hydrogen-bond donors (Lipinski definition) is 0. The van der Waals surface area contributed by atoms with Gasteiger partial charge in [0.05, 0.1) is 14.2 Å². The van der Waals surface area contributed by atoms with Crippen LogP contribution in [0.3, 0.4) is 0 Å². The first-order valence-corrected chi connectivity index (χ1v) is 9.98. The topological polar surface area (TPSA) is 35.5 Å². The van der Waals surface area contributed by atoms with Crippen LogP contribution in [0.2, 0.25) is 0 Å². The molecule has 0 heterocycles. The van der Waals surface area contributed by atoms with Crippen molar-refractivity contribution in [2.24, 2.45) is 0 Å². The lowest BCUT2D eigenvalue weighted by molar-refractivity contribution is 0.387. The van der Waals surface area contributed by atoms with Gasteiger partial charge in [0.25, 0.3) is 0 Å². The molecule has 0 atom stereocenters. The van der Waals surface area contributed by atoms with Crippen molar-refractivity contribution < 1.29 is 14.0 Å². The zero-order chi connectivity index (χ0) is 17.7. The summed E-state index contributed by atoms with van der Waals surface area (Å²) in [6, 6.07) is 24.9. The summed E-state index contributed by atoms with van der Waals surface area (Å²) in [5.41, 5.74) is 0.823. The molecule has 0 N–H and O–H groups in total. The average Bonchev–Trinajstić information content (AvgIpc) is 2.69. The largest absolute Gasteiger partial charge is 0.496 e. The summed E-state index contributed by atoms with van der Waals surface area (Å²) in [6.45, 7) is 0. The zero-order valence-electron chi connectivity index (χ0n) is 14.4. The molecule has 4 heteroatoms. The predicted molar refractivity (Wildman–Crippen MR) is 103 cm³/mol. The molecule has 3 aromatic carbocycles. The molecule has 128 valence electrons. The summed E-state index contributed by atoms with van der Waals surface area (Å²) in [7, 11) is 0.352. The number of hydrogen-bond acceptors (Lipinski definition) is 3. The minimum atomic E-state index is -2.89. The molecule has 0 spiro atoms. The van der Waals surface area contributed by atoms with Crippen molar-refractivity contribution in [3.8, 4) is 11.5 Å². The maximum Gasteiger partial charge on any atom is 0.147 e. The van der Waals surface area contributed by atoms with E-state index in [-0.39, 0.29) is 0 Å². The molecule has 0 saturated carbocycles. The van der Waals surface area contributed by atoms with E-state index in [4.69, 9.17) is 9.47 Å². The van der Waals surface area contributed by atoms with Gasteiger partial charge < -0.3 is 14.0 Å². The van der Waals surface area contributed by atoms with Gasteiger partial charge in [0.15, 0.2) is 0 Å². The van der Waals surface area contributed by atoms with E-state index in [1.807, 2.05) is 78.9 Å². The zero-order valence-corrected chi connectivity index (χ0v) is 15.3. The average molecular weight is 352 g/mol. The fourth-order valence-corrected chi connectivity index (χ4v) is 5.70. The number of rotatable bonds is 6. The Labute approximate surface area is 148 Å². The van der Waals surface area contributed by atoms with Gasteiger partial charge in [-0.2, -0.15) is 0 Å². The van der Waals surface area contributed by atoms with Gasteiger partial charge in [-0.05, 0) is 12.1 Å². The van der Waals surface area contributed by atoms with E-state index < -0.39 is 7.14 Å². The summed E-state index contributed by atoms with van der Waals surface area (Å²) in [5.74, 6) is 1.37. The Morgan fingerprint density at radius 1 is 0.680 bits per heavy atom. The SMILES string of the molecule is COc1cccc(OC)c1CP(=O)(c1ccccc1)c1ccccc1. The Hall–Kier alpha value is -2.51. The van der Waals surface area contributed by atoms with Crippen LogP contribution in [0.1, 0.15) is 5.56 Å². The summed E-state index contributed by atoms with van der Waals surface area (Å²) >= 11 is 0. The van der Waals surface area contributed by atoms with Crippen molar-refractivity contribution in [1.82, 2.24) is 0 Å². The van der Waals surface area contributed by atoms with Crippen LogP contribution in [-0.2, 0) is 10.7 Å². The van der Waals surface area contributed by atoms with Crippen LogP contribution in [0.25, 0.3) is 0 Å². The molecule has 3 rings (SSSR count). The number of benzene rings is 3. The van der Waals surface area contributed by atoms with Crippen molar-refractivity contribution in [3.05, 3.63) is 84.4 Å². The van der Waals surface area contributed by atoms with Gasteiger partial charge in [0.2, 0.25) is 0 Å². The molecule has 3 aromatic rings. The van der Waals surface area contributed by atoms with Crippen LogP contribution < -0.4 is 20.1 Å². The van der Waals surface area contributed by atoms with E-state index in [0.29, 0.717) is 17.7 Å². The van der Waals surface area contributed by atoms with Gasteiger partial charge in [-0.25, -0.2) is 0 Å². The smallest absolute Gasteiger partial charge is 0.147 e. The Morgan fingerprint density at radius 3 is 1.52 bits per heavy atom. The van der Waals surface area contributed by atoms with E-state index in [0.717, 1.165) is 16.2 Å². The molecule has 3 nitrogen and oxygen atoms in total. The molecule has 0 saturated heterocycles. The predicted octanol–water partition coefficient (Wildman–Crippen LogP) is 4.22. The lowest BCUT2D eigenvalue weighted by atomic mass is 10.2. The number of ether oxygens (including phenoxy) is 2. The van der Waals surface area contributed by atoms with Gasteiger partial charge in [-0.15, -0.1) is 0 Å². The second-order valence-corrected chi connectivity index (χ2v) is 8.54. The minimum Gasteiger partial charge on any atom is -0.496 e. The van der Waals surface area contributed by atoms with Crippen molar-refractivity contribution in [3.63, 3.8) is 0 Å². The van der Waals surface area contributed by atoms with E-state index in [1.165, 1.54) is 0 Å². The molecule has 0 fully saturated rings. The summed E-state index contributed by atoms with van der Waals surface area (Å²) < 4.78 is 25.2. The van der Waals surface area contributed by atoms with Gasteiger partial charge in [-0.1, -0.05) is 66.7 Å². The highest BCUT2D eigenvalue weighted by Gasteiger charge is 2.30. The molecular formula is C21H21O3P. The third-order valence-electron chi connectivity index (χ3n) is 4.26. The standard InChI is InChI=1S/C21H21O3P/c1-23-20-14-9-15-21(24-2)19(20)16-25(22,17-10-5-3-6-11-17)18-12-7-4-8-13-18/h3-15H,16H2,1-2H3. The molecule has 0 aliphatic heterocycles. The van der Waals surface area contributed by atoms with Gasteiger partial charge in [-0.3, -0.25) is 0 Å². The Morgan fingerprint density at radius 2 is 1.12 bits per heavy atom. The summed E-state index contributed by atoms with van der Waals surface area (Å²) in [5, 5.41) is 1.66.